The normalized spacial score (nSPS) is 32.0. The second kappa shape index (κ2) is 11.9. The van der Waals surface area contributed by atoms with Crippen molar-refractivity contribution in [3.8, 4) is 5.75 Å². The fraction of sp³-hybridized carbons (Fsp3) is 0.545. The second-order valence-electron chi connectivity index (χ2n) is 12.9. The van der Waals surface area contributed by atoms with Gasteiger partial charge in [-0.05, 0) is 99.2 Å². The van der Waals surface area contributed by atoms with Crippen LogP contribution >= 0.6 is 11.6 Å². The number of hydrogen-bond acceptors (Lipinski definition) is 6. The summed E-state index contributed by atoms with van der Waals surface area (Å²) in [6.45, 7) is 9.56. The number of benzene rings is 2. The van der Waals surface area contributed by atoms with E-state index in [0.29, 0.717) is 43.3 Å². The van der Waals surface area contributed by atoms with Gasteiger partial charge in [0.15, 0.2) is 0 Å². The number of anilines is 1. The van der Waals surface area contributed by atoms with Crippen molar-refractivity contribution in [3.05, 3.63) is 70.3 Å². The number of aliphatic hydroxyl groups is 1. The topological polar surface area (TPSA) is 95.9 Å². The van der Waals surface area contributed by atoms with E-state index in [2.05, 4.69) is 29.5 Å². The van der Waals surface area contributed by atoms with Crippen LogP contribution in [0, 0.1) is 11.8 Å². The van der Waals surface area contributed by atoms with Gasteiger partial charge in [-0.3, -0.25) is 4.79 Å². The predicted octanol–water partition coefficient (Wildman–Crippen LogP) is 6.02. The number of ether oxygens (including phenoxy) is 1. The van der Waals surface area contributed by atoms with E-state index in [-0.39, 0.29) is 17.4 Å². The average molecular weight is 615 g/mol. The largest absolute Gasteiger partial charge is 0.490 e. The van der Waals surface area contributed by atoms with E-state index in [1.54, 1.807) is 25.1 Å². The highest BCUT2D eigenvalue weighted by Gasteiger charge is 2.45. The van der Waals surface area contributed by atoms with Gasteiger partial charge in [-0.15, -0.1) is 0 Å². The molecular formula is C33H43ClN2O5S. The van der Waals surface area contributed by atoms with Crippen molar-refractivity contribution in [2.75, 3.05) is 24.6 Å². The number of aryl methyl sites for hydroxylation is 1. The Morgan fingerprint density at radius 1 is 1.14 bits per heavy atom. The van der Waals surface area contributed by atoms with Crippen LogP contribution < -0.4 is 14.4 Å². The molecule has 2 aromatic rings. The van der Waals surface area contributed by atoms with E-state index in [4.69, 9.17) is 16.3 Å². The predicted molar refractivity (Wildman–Crippen MR) is 168 cm³/mol. The van der Waals surface area contributed by atoms with Gasteiger partial charge in [0.05, 0.1) is 23.1 Å². The molecule has 0 unspecified atom stereocenters. The van der Waals surface area contributed by atoms with Gasteiger partial charge < -0.3 is 14.7 Å². The van der Waals surface area contributed by atoms with Gasteiger partial charge in [-0.25, -0.2) is 13.1 Å². The molecule has 0 aromatic heterocycles. The molecule has 0 radical (unpaired) electrons. The van der Waals surface area contributed by atoms with Crippen molar-refractivity contribution in [2.24, 2.45) is 11.8 Å². The number of carbonyl (C=O) groups excluding carboxylic acids is 1. The minimum absolute atomic E-state index is 0.0688. The Hall–Kier alpha value is -2.55. The molecule has 1 fully saturated rings. The van der Waals surface area contributed by atoms with E-state index in [9.17, 15) is 18.3 Å². The Kier molecular flexibility index (Phi) is 8.72. The third-order valence-electron chi connectivity index (χ3n) is 9.47. The molecule has 2 heterocycles. The van der Waals surface area contributed by atoms with Gasteiger partial charge in [-0.1, -0.05) is 50.1 Å². The van der Waals surface area contributed by atoms with Crippen molar-refractivity contribution in [1.29, 1.82) is 0 Å². The molecule has 1 aliphatic carbocycles. The van der Waals surface area contributed by atoms with Crippen LogP contribution in [0.2, 0.25) is 5.02 Å². The van der Waals surface area contributed by atoms with Crippen LogP contribution in [0.25, 0.3) is 0 Å². The lowest BCUT2D eigenvalue weighted by Crippen LogP contribution is -2.50. The molecule has 2 bridgehead atoms. The number of halogens is 1. The maximum absolute atomic E-state index is 13.2. The lowest BCUT2D eigenvalue weighted by atomic mass is 9.65. The summed E-state index contributed by atoms with van der Waals surface area (Å²) in [5, 5.41) is 11.4. The molecule has 0 saturated heterocycles. The van der Waals surface area contributed by atoms with Crippen LogP contribution in [-0.2, 0) is 21.9 Å². The summed E-state index contributed by atoms with van der Waals surface area (Å²) in [6.07, 6.45) is 8.35. The molecule has 9 heteroatoms. The zero-order valence-corrected chi connectivity index (χ0v) is 26.6. The van der Waals surface area contributed by atoms with Gasteiger partial charge in [0, 0.05) is 29.1 Å². The van der Waals surface area contributed by atoms with E-state index in [0.717, 1.165) is 31.4 Å². The molecule has 1 amide bonds. The first kappa shape index (κ1) is 30.9. The molecule has 42 heavy (non-hydrogen) atoms. The Morgan fingerprint density at radius 3 is 2.64 bits per heavy atom. The van der Waals surface area contributed by atoms with Gasteiger partial charge in [0.1, 0.15) is 5.75 Å². The summed E-state index contributed by atoms with van der Waals surface area (Å²) < 4.78 is 34.7. The number of hydrogen-bond donors (Lipinski definition) is 2. The third kappa shape index (κ3) is 6.22. The van der Waals surface area contributed by atoms with Gasteiger partial charge >= 0.3 is 0 Å². The Morgan fingerprint density at radius 2 is 1.93 bits per heavy atom. The van der Waals surface area contributed by atoms with Gasteiger partial charge in [0.25, 0.3) is 5.91 Å². The number of nitrogens with zero attached hydrogens (tertiary/aromatic N) is 1. The summed E-state index contributed by atoms with van der Waals surface area (Å²) in [5.74, 6) is 0.317. The van der Waals surface area contributed by atoms with Gasteiger partial charge in [0.2, 0.25) is 10.0 Å². The molecule has 228 valence electrons. The summed E-state index contributed by atoms with van der Waals surface area (Å²) in [6, 6.07) is 11.2. The fourth-order valence-electron chi connectivity index (χ4n) is 6.83. The molecule has 5 rings (SSSR count). The smallest absolute Gasteiger partial charge is 0.264 e. The molecular weight excluding hydrogens is 572 g/mol. The number of allylic oxidation sites excluding steroid dienone is 1. The van der Waals surface area contributed by atoms with Crippen molar-refractivity contribution in [1.82, 2.24) is 4.72 Å². The minimum Gasteiger partial charge on any atom is -0.490 e. The number of fused-ring (bicyclic) bond motifs is 2. The molecule has 2 N–H and O–H groups in total. The van der Waals surface area contributed by atoms with Crippen LogP contribution in [0.5, 0.6) is 5.75 Å². The highest BCUT2D eigenvalue weighted by Crippen LogP contribution is 2.46. The van der Waals surface area contributed by atoms with E-state index < -0.39 is 32.2 Å². The van der Waals surface area contributed by atoms with Crippen LogP contribution in [0.4, 0.5) is 5.69 Å². The summed E-state index contributed by atoms with van der Waals surface area (Å²) in [4.78, 5) is 15.5. The first-order valence-electron chi connectivity index (χ1n) is 15.1. The zero-order valence-electron chi connectivity index (χ0n) is 25.0. The van der Waals surface area contributed by atoms with Crippen LogP contribution in [-0.4, -0.2) is 50.0 Å². The first-order valence-corrected chi connectivity index (χ1v) is 17.0. The standard InChI is InChI=1S/C33H43ClN2O5S/c1-5-8-23-17-26(34)12-14-27(23)32(3)20-36-19-25-10-13-28(25)33(4,38)16-7-6-9-22(2)42(39,40)35-31(37)24-11-15-30(41-21-32)29(36)18-24/h7,11-12,14-18,22,25,28,38H,5-6,8-10,13,19-21H2,1-4H3,(H,35,37)/b16-7+/t22-,25+,28-,32+,33+/m1/s1. The van der Waals surface area contributed by atoms with Gasteiger partial charge in [-0.2, -0.15) is 0 Å². The summed E-state index contributed by atoms with van der Waals surface area (Å²) in [5.41, 5.74) is 2.02. The molecule has 3 aliphatic rings. The van der Waals surface area contributed by atoms with Crippen molar-refractivity contribution in [3.63, 3.8) is 0 Å². The first-order chi connectivity index (χ1) is 19.8. The third-order valence-corrected chi connectivity index (χ3v) is 11.5. The summed E-state index contributed by atoms with van der Waals surface area (Å²) >= 11 is 6.42. The van der Waals surface area contributed by atoms with Crippen molar-refractivity contribution in [2.45, 2.75) is 82.5 Å². The number of sulfonamides is 1. The SMILES string of the molecule is CCCc1cc(Cl)ccc1[C@]1(C)COc2ccc3cc2N(C[C@@H]2CC[C@H]2[C@@](C)(O)/C=C/CC[C@@H](C)S(=O)(=O)NC3=O)C1. The van der Waals surface area contributed by atoms with Crippen molar-refractivity contribution >= 4 is 33.2 Å². The molecule has 0 spiro atoms. The fourth-order valence-corrected chi connectivity index (χ4v) is 8.05. The Labute approximate surface area is 255 Å². The molecule has 5 atom stereocenters. The minimum atomic E-state index is -3.89. The van der Waals surface area contributed by atoms with E-state index in [1.165, 1.54) is 11.1 Å². The Balaban J connectivity index is 1.59. The van der Waals surface area contributed by atoms with E-state index >= 15 is 0 Å². The lowest BCUT2D eigenvalue weighted by Gasteiger charge is -2.47. The second-order valence-corrected chi connectivity index (χ2v) is 15.4. The van der Waals surface area contributed by atoms with Crippen LogP contribution in [0.3, 0.4) is 0 Å². The highest BCUT2D eigenvalue weighted by molar-refractivity contribution is 7.90. The molecule has 2 aromatic carbocycles. The highest BCUT2D eigenvalue weighted by atomic mass is 35.5. The number of rotatable bonds is 3. The van der Waals surface area contributed by atoms with Crippen LogP contribution in [0.15, 0.2) is 48.6 Å². The molecule has 7 nitrogen and oxygen atoms in total. The quantitative estimate of drug-likeness (QED) is 0.410. The zero-order chi connectivity index (χ0) is 30.3. The molecule has 1 saturated carbocycles. The lowest BCUT2D eigenvalue weighted by molar-refractivity contribution is -0.0313. The Bertz CT molecular complexity index is 1470. The number of carbonyl (C=O) groups is 1. The maximum Gasteiger partial charge on any atom is 0.264 e. The summed E-state index contributed by atoms with van der Waals surface area (Å²) in [7, 11) is -3.89. The maximum atomic E-state index is 13.2. The van der Waals surface area contributed by atoms with Crippen LogP contribution in [0.1, 0.15) is 81.3 Å². The number of nitrogens with one attached hydrogen (secondary N) is 1. The molecule has 2 aliphatic heterocycles. The van der Waals surface area contributed by atoms with Crippen molar-refractivity contribution < 1.29 is 23.1 Å². The van der Waals surface area contributed by atoms with E-state index in [1.807, 2.05) is 31.2 Å². The number of amides is 1. The monoisotopic (exact) mass is 614 g/mol. The average Bonchev–Trinajstić information content (AvgIpc) is 3.04.